The zero-order chi connectivity index (χ0) is 14.7. The van der Waals surface area contributed by atoms with E-state index in [1.54, 1.807) is 0 Å². The predicted molar refractivity (Wildman–Crippen MR) is 79.9 cm³/mol. The molecule has 4 heteroatoms. The van der Waals surface area contributed by atoms with Crippen molar-refractivity contribution >= 4 is 5.91 Å². The van der Waals surface area contributed by atoms with Crippen LogP contribution in [0.3, 0.4) is 0 Å². The summed E-state index contributed by atoms with van der Waals surface area (Å²) in [6.07, 6.45) is 2.10. The van der Waals surface area contributed by atoms with Crippen LogP contribution in [-0.2, 0) is 4.79 Å². The Hall–Kier alpha value is -1.29. The summed E-state index contributed by atoms with van der Waals surface area (Å²) in [5.74, 6) is 1.69. The van der Waals surface area contributed by atoms with E-state index in [2.05, 4.69) is 17.1 Å². The molecule has 1 aromatic rings. The number of aryl methyl sites for hydroxylation is 2. The van der Waals surface area contributed by atoms with E-state index in [9.17, 15) is 4.79 Å². The van der Waals surface area contributed by atoms with Gasteiger partial charge in [-0.05, 0) is 46.2 Å². The van der Waals surface area contributed by atoms with E-state index >= 15 is 0 Å². The van der Waals surface area contributed by atoms with Crippen LogP contribution in [0.1, 0.15) is 49.7 Å². The van der Waals surface area contributed by atoms with Crippen LogP contribution in [0, 0.1) is 13.8 Å². The van der Waals surface area contributed by atoms with Crippen LogP contribution in [0.15, 0.2) is 10.5 Å². The summed E-state index contributed by atoms with van der Waals surface area (Å²) < 4.78 is 5.52. The van der Waals surface area contributed by atoms with Crippen molar-refractivity contribution in [3.8, 4) is 0 Å². The van der Waals surface area contributed by atoms with E-state index in [1.165, 1.54) is 0 Å². The summed E-state index contributed by atoms with van der Waals surface area (Å²) in [6, 6.07) is 2.29. The van der Waals surface area contributed by atoms with Gasteiger partial charge in [-0.3, -0.25) is 4.79 Å². The first-order valence-electron chi connectivity index (χ1n) is 7.61. The summed E-state index contributed by atoms with van der Waals surface area (Å²) >= 11 is 0. The SMILES string of the molecule is CCN1CCC(NC(=O)[C@@H](C)c2cc(C)oc2C)CC1. The van der Waals surface area contributed by atoms with Gasteiger partial charge in [0, 0.05) is 24.7 Å². The van der Waals surface area contributed by atoms with Gasteiger partial charge in [-0.1, -0.05) is 6.92 Å². The van der Waals surface area contributed by atoms with Crippen molar-refractivity contribution in [3.63, 3.8) is 0 Å². The van der Waals surface area contributed by atoms with Crippen LogP contribution in [-0.4, -0.2) is 36.5 Å². The molecule has 1 N–H and O–H groups in total. The van der Waals surface area contributed by atoms with E-state index in [0.717, 1.165) is 49.6 Å². The van der Waals surface area contributed by atoms with Crippen molar-refractivity contribution in [2.24, 2.45) is 0 Å². The molecule has 1 saturated heterocycles. The lowest BCUT2D eigenvalue weighted by atomic mass is 9.98. The second kappa shape index (κ2) is 6.44. The van der Waals surface area contributed by atoms with E-state index in [-0.39, 0.29) is 11.8 Å². The third kappa shape index (κ3) is 3.42. The maximum Gasteiger partial charge on any atom is 0.227 e. The lowest BCUT2D eigenvalue weighted by molar-refractivity contribution is -0.123. The number of nitrogens with one attached hydrogen (secondary N) is 1. The highest BCUT2D eigenvalue weighted by atomic mass is 16.3. The molecule has 0 spiro atoms. The molecule has 112 valence electrons. The molecule has 0 radical (unpaired) electrons. The van der Waals surface area contributed by atoms with Crippen molar-refractivity contribution < 1.29 is 9.21 Å². The Labute approximate surface area is 121 Å². The van der Waals surface area contributed by atoms with Crippen molar-refractivity contribution in [1.29, 1.82) is 0 Å². The number of hydrogen-bond donors (Lipinski definition) is 1. The molecule has 1 aliphatic rings. The molecule has 1 aromatic heterocycles. The van der Waals surface area contributed by atoms with Gasteiger partial charge < -0.3 is 14.6 Å². The molecule has 1 atom stereocenters. The highest BCUT2D eigenvalue weighted by Gasteiger charge is 2.24. The Balaban J connectivity index is 1.90. The molecule has 4 nitrogen and oxygen atoms in total. The summed E-state index contributed by atoms with van der Waals surface area (Å²) in [7, 11) is 0. The number of likely N-dealkylation sites (tertiary alicyclic amines) is 1. The molecular formula is C16H26N2O2. The molecule has 1 aliphatic heterocycles. The highest BCUT2D eigenvalue weighted by Crippen LogP contribution is 2.23. The van der Waals surface area contributed by atoms with E-state index in [4.69, 9.17) is 4.42 Å². The zero-order valence-corrected chi connectivity index (χ0v) is 13.0. The number of piperidine rings is 1. The number of carbonyl (C=O) groups is 1. The number of furan rings is 1. The van der Waals surface area contributed by atoms with Crippen LogP contribution in [0.25, 0.3) is 0 Å². The normalized spacial score (nSPS) is 19.0. The molecule has 20 heavy (non-hydrogen) atoms. The van der Waals surface area contributed by atoms with Gasteiger partial charge in [0.15, 0.2) is 0 Å². The maximum absolute atomic E-state index is 12.4. The van der Waals surface area contributed by atoms with E-state index < -0.39 is 0 Å². The molecule has 1 fully saturated rings. The van der Waals surface area contributed by atoms with Crippen LogP contribution in [0.5, 0.6) is 0 Å². The summed E-state index contributed by atoms with van der Waals surface area (Å²) in [5, 5.41) is 3.19. The highest BCUT2D eigenvalue weighted by molar-refractivity contribution is 5.83. The first kappa shape index (κ1) is 15.1. The minimum Gasteiger partial charge on any atom is -0.466 e. The minimum absolute atomic E-state index is 0.115. The van der Waals surface area contributed by atoms with Crippen molar-refractivity contribution in [3.05, 3.63) is 23.2 Å². The molecular weight excluding hydrogens is 252 g/mol. The monoisotopic (exact) mass is 278 g/mol. The Kier molecular flexibility index (Phi) is 4.86. The van der Waals surface area contributed by atoms with Crippen LogP contribution < -0.4 is 5.32 Å². The number of nitrogens with zero attached hydrogens (tertiary/aromatic N) is 1. The van der Waals surface area contributed by atoms with Gasteiger partial charge in [0.05, 0.1) is 5.92 Å². The Morgan fingerprint density at radius 3 is 2.60 bits per heavy atom. The fraction of sp³-hybridized carbons (Fsp3) is 0.688. The standard InChI is InChI=1S/C16H26N2O2/c1-5-18-8-6-14(7-9-18)17-16(19)12(3)15-10-11(2)20-13(15)4/h10,12,14H,5-9H2,1-4H3,(H,17,19)/t12-/m0/s1. The van der Waals surface area contributed by atoms with Gasteiger partial charge >= 0.3 is 0 Å². The van der Waals surface area contributed by atoms with Crippen molar-refractivity contribution in [1.82, 2.24) is 10.2 Å². The van der Waals surface area contributed by atoms with Gasteiger partial charge in [-0.15, -0.1) is 0 Å². The third-order valence-electron chi connectivity index (χ3n) is 4.32. The third-order valence-corrected chi connectivity index (χ3v) is 4.32. The van der Waals surface area contributed by atoms with Crippen molar-refractivity contribution in [2.45, 2.75) is 52.5 Å². The summed E-state index contributed by atoms with van der Waals surface area (Å²) in [4.78, 5) is 14.8. The number of carbonyl (C=O) groups excluding carboxylic acids is 1. The van der Waals surface area contributed by atoms with Crippen LogP contribution in [0.2, 0.25) is 0 Å². The lowest BCUT2D eigenvalue weighted by Gasteiger charge is -2.32. The fourth-order valence-corrected chi connectivity index (χ4v) is 2.94. The molecule has 1 amide bonds. The lowest BCUT2D eigenvalue weighted by Crippen LogP contribution is -2.45. The van der Waals surface area contributed by atoms with E-state index in [1.807, 2.05) is 26.8 Å². The number of amides is 1. The minimum atomic E-state index is -0.142. The van der Waals surface area contributed by atoms with Gasteiger partial charge in [0.2, 0.25) is 5.91 Å². The fourth-order valence-electron chi connectivity index (χ4n) is 2.94. The molecule has 0 aliphatic carbocycles. The Morgan fingerprint density at radius 1 is 1.45 bits per heavy atom. The molecule has 0 unspecified atom stereocenters. The second-order valence-corrected chi connectivity index (χ2v) is 5.81. The molecule has 0 bridgehead atoms. The average Bonchev–Trinajstić information content (AvgIpc) is 2.77. The molecule has 2 rings (SSSR count). The quantitative estimate of drug-likeness (QED) is 0.921. The van der Waals surface area contributed by atoms with Crippen LogP contribution >= 0.6 is 0 Å². The van der Waals surface area contributed by atoms with Gasteiger partial charge in [0.1, 0.15) is 11.5 Å². The Morgan fingerprint density at radius 2 is 2.10 bits per heavy atom. The van der Waals surface area contributed by atoms with Gasteiger partial charge in [-0.2, -0.15) is 0 Å². The summed E-state index contributed by atoms with van der Waals surface area (Å²) in [5.41, 5.74) is 1.01. The number of hydrogen-bond acceptors (Lipinski definition) is 3. The molecule has 0 aromatic carbocycles. The second-order valence-electron chi connectivity index (χ2n) is 5.81. The number of rotatable bonds is 4. The summed E-state index contributed by atoms with van der Waals surface area (Å²) in [6.45, 7) is 11.2. The Bertz CT molecular complexity index is 459. The first-order chi connectivity index (χ1) is 9.51. The maximum atomic E-state index is 12.4. The van der Waals surface area contributed by atoms with Crippen molar-refractivity contribution in [2.75, 3.05) is 19.6 Å². The smallest absolute Gasteiger partial charge is 0.227 e. The zero-order valence-electron chi connectivity index (χ0n) is 13.0. The van der Waals surface area contributed by atoms with Gasteiger partial charge in [-0.25, -0.2) is 0 Å². The molecule has 0 saturated carbocycles. The van der Waals surface area contributed by atoms with Crippen LogP contribution in [0.4, 0.5) is 0 Å². The predicted octanol–water partition coefficient (Wildman–Crippen LogP) is 2.60. The topological polar surface area (TPSA) is 45.5 Å². The van der Waals surface area contributed by atoms with Gasteiger partial charge in [0.25, 0.3) is 0 Å². The first-order valence-corrected chi connectivity index (χ1v) is 7.61. The largest absolute Gasteiger partial charge is 0.466 e. The van der Waals surface area contributed by atoms with E-state index in [0.29, 0.717) is 6.04 Å². The molecule has 2 heterocycles. The average molecular weight is 278 g/mol.